The highest BCUT2D eigenvalue weighted by atomic mass is 16.5. The van der Waals surface area contributed by atoms with Crippen molar-refractivity contribution in [2.24, 2.45) is 0 Å². The van der Waals surface area contributed by atoms with Gasteiger partial charge < -0.3 is 15.0 Å². The number of ether oxygens (including phenoxy) is 1. The summed E-state index contributed by atoms with van der Waals surface area (Å²) in [6, 6.07) is 8.04. The molecule has 4 nitrogen and oxygen atoms in total. The van der Waals surface area contributed by atoms with E-state index in [1.165, 1.54) is 0 Å². The lowest BCUT2D eigenvalue weighted by Gasteiger charge is -2.13. The van der Waals surface area contributed by atoms with E-state index >= 15 is 0 Å². The number of H-pyrrole nitrogens is 1. The van der Waals surface area contributed by atoms with Gasteiger partial charge >= 0.3 is 0 Å². The third kappa shape index (κ3) is 4.02. The van der Waals surface area contributed by atoms with Gasteiger partial charge in [0, 0.05) is 11.8 Å². The molecule has 0 fully saturated rings. The Morgan fingerprint density at radius 1 is 1.42 bits per heavy atom. The first-order valence-corrected chi connectivity index (χ1v) is 6.68. The molecule has 0 radical (unpaired) electrons. The van der Waals surface area contributed by atoms with Gasteiger partial charge in [0.15, 0.2) is 0 Å². The molecule has 2 aromatic rings. The van der Waals surface area contributed by atoms with Crippen molar-refractivity contribution in [2.45, 2.75) is 39.8 Å². The van der Waals surface area contributed by atoms with Crippen molar-refractivity contribution in [3.8, 4) is 5.75 Å². The Morgan fingerprint density at radius 2 is 2.26 bits per heavy atom. The Kier molecular flexibility index (Phi) is 4.44. The highest BCUT2D eigenvalue weighted by Gasteiger charge is 2.02. The van der Waals surface area contributed by atoms with Crippen LogP contribution in [0.5, 0.6) is 5.75 Å². The zero-order valence-electron chi connectivity index (χ0n) is 11.7. The van der Waals surface area contributed by atoms with Gasteiger partial charge in [-0.15, -0.1) is 0 Å². The number of nitrogens with zero attached hydrogens (tertiary/aromatic N) is 1. The van der Waals surface area contributed by atoms with Crippen LogP contribution in [0.4, 0.5) is 5.69 Å². The molecule has 1 atom stereocenters. The Bertz CT molecular complexity index is 522. The summed E-state index contributed by atoms with van der Waals surface area (Å²) in [5.41, 5.74) is 2.12. The molecular formula is C15H21N3O. The van der Waals surface area contributed by atoms with E-state index in [-0.39, 0.29) is 6.10 Å². The maximum atomic E-state index is 5.80. The fourth-order valence-corrected chi connectivity index (χ4v) is 1.75. The topological polar surface area (TPSA) is 49.9 Å². The van der Waals surface area contributed by atoms with Crippen LogP contribution in [0.3, 0.4) is 0 Å². The van der Waals surface area contributed by atoms with Gasteiger partial charge in [-0.25, -0.2) is 4.98 Å². The number of anilines is 1. The molecule has 4 heteroatoms. The first kappa shape index (κ1) is 13.5. The minimum atomic E-state index is 0.241. The van der Waals surface area contributed by atoms with E-state index in [1.807, 2.05) is 37.4 Å². The quantitative estimate of drug-likeness (QED) is 0.834. The summed E-state index contributed by atoms with van der Waals surface area (Å²) in [7, 11) is 0. The number of nitrogens with one attached hydrogen (secondary N) is 2. The van der Waals surface area contributed by atoms with Crippen LogP contribution in [0, 0.1) is 6.92 Å². The molecular weight excluding hydrogens is 238 g/mol. The number of rotatable bonds is 6. The minimum absolute atomic E-state index is 0.241. The molecule has 0 aliphatic heterocycles. The maximum Gasteiger partial charge on any atom is 0.121 e. The summed E-state index contributed by atoms with van der Waals surface area (Å²) in [5, 5.41) is 3.35. The molecule has 19 heavy (non-hydrogen) atoms. The van der Waals surface area contributed by atoms with Crippen LogP contribution < -0.4 is 10.1 Å². The Labute approximate surface area is 114 Å². The molecule has 0 saturated carbocycles. The number of hydrogen-bond donors (Lipinski definition) is 2. The van der Waals surface area contributed by atoms with Gasteiger partial charge in [-0.2, -0.15) is 0 Å². The van der Waals surface area contributed by atoms with Crippen molar-refractivity contribution >= 4 is 5.69 Å². The molecule has 1 unspecified atom stereocenters. The summed E-state index contributed by atoms with van der Waals surface area (Å²) in [6.07, 6.45) is 3.10. The number of imidazole rings is 1. The summed E-state index contributed by atoms with van der Waals surface area (Å²) in [5.74, 6) is 1.84. The van der Waals surface area contributed by atoms with Gasteiger partial charge in [-0.3, -0.25) is 0 Å². The molecule has 0 bridgehead atoms. The van der Waals surface area contributed by atoms with Gasteiger partial charge in [0.25, 0.3) is 0 Å². The zero-order chi connectivity index (χ0) is 13.7. The monoisotopic (exact) mass is 259 g/mol. The maximum absolute atomic E-state index is 5.80. The van der Waals surface area contributed by atoms with E-state index in [0.29, 0.717) is 0 Å². The van der Waals surface area contributed by atoms with E-state index in [4.69, 9.17) is 4.74 Å². The molecule has 1 heterocycles. The van der Waals surface area contributed by atoms with E-state index in [0.717, 1.165) is 35.9 Å². The van der Waals surface area contributed by atoms with Crippen LogP contribution in [0.2, 0.25) is 0 Å². The first-order chi connectivity index (χ1) is 9.17. The third-order valence-corrected chi connectivity index (χ3v) is 2.98. The SMILES string of the molecule is CCC(C)Oc1cccc(NCc2cnc(C)[nH]2)c1. The lowest BCUT2D eigenvalue weighted by molar-refractivity contribution is 0.217. The number of aromatic nitrogens is 2. The highest BCUT2D eigenvalue weighted by molar-refractivity contribution is 5.48. The average Bonchev–Trinajstić information content (AvgIpc) is 2.82. The summed E-state index contributed by atoms with van der Waals surface area (Å²) in [6.45, 7) is 6.87. The van der Waals surface area contributed by atoms with Crippen molar-refractivity contribution in [3.63, 3.8) is 0 Å². The predicted molar refractivity (Wildman–Crippen MR) is 77.5 cm³/mol. The third-order valence-electron chi connectivity index (χ3n) is 2.98. The van der Waals surface area contributed by atoms with Crippen LogP contribution in [-0.4, -0.2) is 16.1 Å². The number of benzene rings is 1. The summed E-state index contributed by atoms with van der Waals surface area (Å²) >= 11 is 0. The smallest absolute Gasteiger partial charge is 0.121 e. The largest absolute Gasteiger partial charge is 0.491 e. The molecule has 0 saturated heterocycles. The standard InChI is InChI=1S/C15H21N3O/c1-4-11(2)19-15-7-5-6-13(8-15)17-10-14-9-16-12(3)18-14/h5-9,11,17H,4,10H2,1-3H3,(H,16,18). The lowest BCUT2D eigenvalue weighted by Crippen LogP contribution is -2.09. The van der Waals surface area contributed by atoms with E-state index in [1.54, 1.807) is 0 Å². The molecule has 0 spiro atoms. The van der Waals surface area contributed by atoms with Crippen molar-refractivity contribution < 1.29 is 4.74 Å². The first-order valence-electron chi connectivity index (χ1n) is 6.68. The molecule has 0 aliphatic carbocycles. The van der Waals surface area contributed by atoms with E-state index in [9.17, 15) is 0 Å². The van der Waals surface area contributed by atoms with Crippen LogP contribution >= 0.6 is 0 Å². The van der Waals surface area contributed by atoms with E-state index < -0.39 is 0 Å². The molecule has 1 aromatic heterocycles. The molecule has 102 valence electrons. The van der Waals surface area contributed by atoms with Gasteiger partial charge in [0.2, 0.25) is 0 Å². The van der Waals surface area contributed by atoms with Crippen molar-refractivity contribution in [3.05, 3.63) is 42.0 Å². The van der Waals surface area contributed by atoms with Gasteiger partial charge in [0.05, 0.1) is 24.5 Å². The van der Waals surface area contributed by atoms with Gasteiger partial charge in [0.1, 0.15) is 11.6 Å². The summed E-state index contributed by atoms with van der Waals surface area (Å²) < 4.78 is 5.80. The molecule has 0 amide bonds. The number of aromatic amines is 1. The fraction of sp³-hybridized carbons (Fsp3) is 0.400. The predicted octanol–water partition coefficient (Wildman–Crippen LogP) is 3.51. The molecule has 2 rings (SSSR count). The van der Waals surface area contributed by atoms with Crippen LogP contribution in [0.15, 0.2) is 30.5 Å². The fourth-order valence-electron chi connectivity index (χ4n) is 1.75. The minimum Gasteiger partial charge on any atom is -0.491 e. The molecule has 0 aliphatic rings. The highest BCUT2D eigenvalue weighted by Crippen LogP contribution is 2.19. The second-order valence-corrected chi connectivity index (χ2v) is 4.71. The number of hydrogen-bond acceptors (Lipinski definition) is 3. The van der Waals surface area contributed by atoms with Gasteiger partial charge in [-0.05, 0) is 32.4 Å². The second kappa shape index (κ2) is 6.27. The average molecular weight is 259 g/mol. The van der Waals surface area contributed by atoms with Gasteiger partial charge in [-0.1, -0.05) is 13.0 Å². The van der Waals surface area contributed by atoms with Crippen LogP contribution in [0.1, 0.15) is 31.8 Å². The normalized spacial score (nSPS) is 12.2. The zero-order valence-corrected chi connectivity index (χ0v) is 11.7. The number of aryl methyl sites for hydroxylation is 1. The summed E-state index contributed by atoms with van der Waals surface area (Å²) in [4.78, 5) is 7.37. The van der Waals surface area contributed by atoms with Crippen molar-refractivity contribution in [1.29, 1.82) is 0 Å². The van der Waals surface area contributed by atoms with Crippen molar-refractivity contribution in [2.75, 3.05) is 5.32 Å². The Morgan fingerprint density at radius 3 is 2.95 bits per heavy atom. The van der Waals surface area contributed by atoms with Crippen LogP contribution in [0.25, 0.3) is 0 Å². The lowest BCUT2D eigenvalue weighted by atomic mass is 10.2. The molecule has 2 N–H and O–H groups in total. The Balaban J connectivity index is 1.95. The van der Waals surface area contributed by atoms with E-state index in [2.05, 4.69) is 29.1 Å². The second-order valence-electron chi connectivity index (χ2n) is 4.71. The molecule has 1 aromatic carbocycles. The van der Waals surface area contributed by atoms with Crippen molar-refractivity contribution in [1.82, 2.24) is 9.97 Å². The Hall–Kier alpha value is -1.97. The van der Waals surface area contributed by atoms with Crippen LogP contribution in [-0.2, 0) is 6.54 Å².